The van der Waals surface area contributed by atoms with Crippen molar-refractivity contribution in [1.29, 1.82) is 0 Å². The lowest BCUT2D eigenvalue weighted by Gasteiger charge is -2.07. The number of amides is 1. The van der Waals surface area contributed by atoms with E-state index in [0.29, 0.717) is 22.2 Å². The van der Waals surface area contributed by atoms with Gasteiger partial charge in [0.05, 0.1) is 12.0 Å². The standard InChI is InChI=1S/C17H14ClN3O2/c18-11-3-7-13(8-4-11)21-15(17(22)19-12-5-6-12)10-14(20-21)16-2-1-9-23-16/h1-4,7-10,12H,5-6H2,(H,19,22). The largest absolute Gasteiger partial charge is 0.463 e. The van der Waals surface area contributed by atoms with E-state index in [-0.39, 0.29) is 11.9 Å². The maximum absolute atomic E-state index is 12.5. The molecule has 0 saturated heterocycles. The number of carbonyl (C=O) groups excluding carboxylic acids is 1. The van der Waals surface area contributed by atoms with Crippen LogP contribution in [0.15, 0.2) is 53.1 Å². The van der Waals surface area contributed by atoms with Crippen LogP contribution in [-0.4, -0.2) is 21.7 Å². The second-order valence-corrected chi connectivity index (χ2v) is 5.96. The van der Waals surface area contributed by atoms with Crippen LogP contribution in [0.3, 0.4) is 0 Å². The summed E-state index contributed by atoms with van der Waals surface area (Å²) in [5.41, 5.74) is 1.87. The van der Waals surface area contributed by atoms with Crippen LogP contribution >= 0.6 is 11.6 Å². The number of furan rings is 1. The molecule has 1 N–H and O–H groups in total. The van der Waals surface area contributed by atoms with Gasteiger partial charge in [-0.3, -0.25) is 4.79 Å². The highest BCUT2D eigenvalue weighted by Crippen LogP contribution is 2.24. The molecule has 23 heavy (non-hydrogen) atoms. The minimum atomic E-state index is -0.132. The van der Waals surface area contributed by atoms with Crippen LogP contribution in [-0.2, 0) is 0 Å². The lowest BCUT2D eigenvalue weighted by molar-refractivity contribution is 0.0943. The molecule has 1 aliphatic rings. The van der Waals surface area contributed by atoms with Gasteiger partial charge in [-0.1, -0.05) is 11.6 Å². The molecular formula is C17H14ClN3O2. The van der Waals surface area contributed by atoms with Crippen LogP contribution < -0.4 is 5.32 Å². The summed E-state index contributed by atoms with van der Waals surface area (Å²) in [6.45, 7) is 0. The quantitative estimate of drug-likeness (QED) is 0.795. The van der Waals surface area contributed by atoms with Crippen LogP contribution in [0.1, 0.15) is 23.3 Å². The molecule has 0 bridgehead atoms. The first-order chi connectivity index (χ1) is 11.2. The molecule has 1 aliphatic carbocycles. The van der Waals surface area contributed by atoms with E-state index in [1.165, 1.54) is 0 Å². The molecule has 0 aliphatic heterocycles. The van der Waals surface area contributed by atoms with Gasteiger partial charge in [0.2, 0.25) is 0 Å². The molecule has 2 aromatic heterocycles. The Morgan fingerprint density at radius 1 is 1.26 bits per heavy atom. The van der Waals surface area contributed by atoms with Gasteiger partial charge in [-0.15, -0.1) is 0 Å². The van der Waals surface area contributed by atoms with E-state index in [2.05, 4.69) is 10.4 Å². The predicted octanol–water partition coefficient (Wildman–Crippen LogP) is 3.68. The number of benzene rings is 1. The van der Waals surface area contributed by atoms with Crippen molar-refractivity contribution in [2.45, 2.75) is 18.9 Å². The van der Waals surface area contributed by atoms with Crippen molar-refractivity contribution >= 4 is 17.5 Å². The highest BCUT2D eigenvalue weighted by atomic mass is 35.5. The minimum absolute atomic E-state index is 0.132. The van der Waals surface area contributed by atoms with Gasteiger partial charge in [-0.05, 0) is 49.2 Å². The SMILES string of the molecule is O=C(NC1CC1)c1cc(-c2ccco2)nn1-c1ccc(Cl)cc1. The molecule has 3 aromatic rings. The van der Waals surface area contributed by atoms with E-state index in [9.17, 15) is 4.79 Å². The Morgan fingerprint density at radius 3 is 2.70 bits per heavy atom. The molecule has 0 unspecified atom stereocenters. The number of hydrogen-bond acceptors (Lipinski definition) is 3. The molecule has 0 radical (unpaired) electrons. The van der Waals surface area contributed by atoms with Gasteiger partial charge >= 0.3 is 0 Å². The Kier molecular flexibility index (Phi) is 3.42. The number of rotatable bonds is 4. The maximum Gasteiger partial charge on any atom is 0.270 e. The molecule has 1 amide bonds. The Labute approximate surface area is 137 Å². The summed E-state index contributed by atoms with van der Waals surface area (Å²) in [6, 6.07) is 12.8. The van der Waals surface area contributed by atoms with Crippen LogP contribution in [0, 0.1) is 0 Å². The molecule has 1 aromatic carbocycles. The van der Waals surface area contributed by atoms with Crippen LogP contribution in [0.2, 0.25) is 5.02 Å². The van der Waals surface area contributed by atoms with E-state index in [4.69, 9.17) is 16.0 Å². The number of halogens is 1. The summed E-state index contributed by atoms with van der Waals surface area (Å²) in [5, 5.41) is 8.15. The van der Waals surface area contributed by atoms with Gasteiger partial charge in [0.1, 0.15) is 11.4 Å². The molecule has 1 fully saturated rings. The topological polar surface area (TPSA) is 60.1 Å². The average Bonchev–Trinajstić information content (AvgIpc) is 3.06. The average molecular weight is 328 g/mol. The zero-order chi connectivity index (χ0) is 15.8. The Bertz CT molecular complexity index is 833. The van der Waals surface area contributed by atoms with Gasteiger partial charge < -0.3 is 9.73 Å². The Balaban J connectivity index is 1.77. The van der Waals surface area contributed by atoms with Crippen molar-refractivity contribution in [3.05, 3.63) is 59.4 Å². The zero-order valence-corrected chi connectivity index (χ0v) is 13.0. The third-order valence-electron chi connectivity index (χ3n) is 3.70. The third kappa shape index (κ3) is 2.87. The van der Waals surface area contributed by atoms with Gasteiger partial charge in [0.15, 0.2) is 5.76 Å². The van der Waals surface area contributed by atoms with Crippen LogP contribution in [0.4, 0.5) is 0 Å². The number of carbonyl (C=O) groups is 1. The molecule has 0 atom stereocenters. The number of hydrogen-bond donors (Lipinski definition) is 1. The second kappa shape index (κ2) is 5.59. The zero-order valence-electron chi connectivity index (χ0n) is 12.2. The second-order valence-electron chi connectivity index (χ2n) is 5.53. The maximum atomic E-state index is 12.5. The summed E-state index contributed by atoms with van der Waals surface area (Å²) in [7, 11) is 0. The molecule has 0 spiro atoms. The molecular weight excluding hydrogens is 314 g/mol. The monoisotopic (exact) mass is 327 g/mol. The van der Waals surface area contributed by atoms with E-state index in [1.54, 1.807) is 35.2 Å². The summed E-state index contributed by atoms with van der Waals surface area (Å²) < 4.78 is 7.00. The third-order valence-corrected chi connectivity index (χ3v) is 3.95. The fourth-order valence-electron chi connectivity index (χ4n) is 2.35. The molecule has 1 saturated carbocycles. The van der Waals surface area contributed by atoms with Gasteiger partial charge in [0, 0.05) is 17.1 Å². The highest BCUT2D eigenvalue weighted by Gasteiger charge is 2.26. The first kappa shape index (κ1) is 14.1. The van der Waals surface area contributed by atoms with Crippen molar-refractivity contribution < 1.29 is 9.21 Å². The lowest BCUT2D eigenvalue weighted by Crippen LogP contribution is -2.27. The predicted molar refractivity (Wildman–Crippen MR) is 86.8 cm³/mol. The van der Waals surface area contributed by atoms with Gasteiger partial charge in [0.25, 0.3) is 5.91 Å². The van der Waals surface area contributed by atoms with Gasteiger partial charge in [-0.2, -0.15) is 5.10 Å². The normalized spacial score (nSPS) is 14.0. The fourth-order valence-corrected chi connectivity index (χ4v) is 2.48. The Hall–Kier alpha value is -2.53. The molecule has 6 heteroatoms. The Morgan fingerprint density at radius 2 is 2.04 bits per heavy atom. The van der Waals surface area contributed by atoms with Gasteiger partial charge in [-0.25, -0.2) is 4.68 Å². The van der Waals surface area contributed by atoms with E-state index >= 15 is 0 Å². The van der Waals surface area contributed by atoms with Crippen molar-refractivity contribution in [3.63, 3.8) is 0 Å². The number of nitrogens with zero attached hydrogens (tertiary/aromatic N) is 2. The summed E-state index contributed by atoms with van der Waals surface area (Å²) in [4.78, 5) is 12.5. The first-order valence-electron chi connectivity index (χ1n) is 7.41. The van der Waals surface area contributed by atoms with Crippen molar-refractivity contribution in [2.24, 2.45) is 0 Å². The summed E-state index contributed by atoms with van der Waals surface area (Å²) in [5.74, 6) is 0.492. The summed E-state index contributed by atoms with van der Waals surface area (Å²) >= 11 is 5.94. The number of nitrogens with one attached hydrogen (secondary N) is 1. The van der Waals surface area contributed by atoms with Crippen LogP contribution in [0.25, 0.3) is 17.1 Å². The molecule has 116 valence electrons. The van der Waals surface area contributed by atoms with Crippen molar-refractivity contribution in [3.8, 4) is 17.1 Å². The van der Waals surface area contributed by atoms with Crippen molar-refractivity contribution in [2.75, 3.05) is 0 Å². The van der Waals surface area contributed by atoms with E-state index < -0.39 is 0 Å². The van der Waals surface area contributed by atoms with E-state index in [0.717, 1.165) is 18.5 Å². The van der Waals surface area contributed by atoms with E-state index in [1.807, 2.05) is 18.2 Å². The molecule has 4 rings (SSSR count). The first-order valence-corrected chi connectivity index (χ1v) is 7.79. The fraction of sp³-hybridized carbons (Fsp3) is 0.176. The number of aromatic nitrogens is 2. The lowest BCUT2D eigenvalue weighted by atomic mass is 10.2. The smallest absolute Gasteiger partial charge is 0.270 e. The van der Waals surface area contributed by atoms with Crippen molar-refractivity contribution in [1.82, 2.24) is 15.1 Å². The summed E-state index contributed by atoms with van der Waals surface area (Å²) in [6.07, 6.45) is 3.65. The molecule has 5 nitrogen and oxygen atoms in total. The molecule has 2 heterocycles. The minimum Gasteiger partial charge on any atom is -0.463 e. The highest BCUT2D eigenvalue weighted by molar-refractivity contribution is 6.30. The van der Waals surface area contributed by atoms with Crippen LogP contribution in [0.5, 0.6) is 0 Å².